The number of nitrogens with one attached hydrogen (secondary N) is 1. The summed E-state index contributed by atoms with van der Waals surface area (Å²) in [5.41, 5.74) is 2.81. The summed E-state index contributed by atoms with van der Waals surface area (Å²) in [5, 5.41) is 4.01. The molecule has 0 heterocycles. The predicted octanol–water partition coefficient (Wildman–Crippen LogP) is 5.39. The fourth-order valence-electron chi connectivity index (χ4n) is 2.71. The van der Waals surface area contributed by atoms with Gasteiger partial charge in [0.2, 0.25) is 0 Å². The molecule has 0 unspecified atom stereocenters. The lowest BCUT2D eigenvalue weighted by Crippen LogP contribution is -2.17. The zero-order valence-electron chi connectivity index (χ0n) is 14.4. The van der Waals surface area contributed by atoms with Crippen LogP contribution in [0, 0.1) is 5.82 Å². The van der Waals surface area contributed by atoms with E-state index >= 15 is 0 Å². The second-order valence-corrected chi connectivity index (χ2v) is 6.48. The Morgan fingerprint density at radius 2 is 1.65 bits per heavy atom. The topological polar surface area (TPSA) is 21.3 Å². The van der Waals surface area contributed by atoms with Gasteiger partial charge in [0.15, 0.2) is 0 Å². The van der Waals surface area contributed by atoms with Crippen LogP contribution < -0.4 is 10.1 Å². The Hall–Kier alpha value is -2.36. The zero-order valence-corrected chi connectivity index (χ0v) is 15.2. The third-order valence-electron chi connectivity index (χ3n) is 4.10. The van der Waals surface area contributed by atoms with Crippen LogP contribution in [0.1, 0.15) is 16.7 Å². The molecule has 0 saturated heterocycles. The summed E-state index contributed by atoms with van der Waals surface area (Å²) in [6.07, 6.45) is 0.632. The van der Waals surface area contributed by atoms with Crippen molar-refractivity contribution in [2.24, 2.45) is 0 Å². The van der Waals surface area contributed by atoms with Crippen molar-refractivity contribution in [3.05, 3.63) is 100 Å². The van der Waals surface area contributed by atoms with Crippen LogP contribution in [0.25, 0.3) is 0 Å². The minimum atomic E-state index is -0.163. The Morgan fingerprint density at radius 3 is 2.46 bits per heavy atom. The number of rotatable bonds is 8. The van der Waals surface area contributed by atoms with Crippen LogP contribution >= 0.6 is 11.6 Å². The van der Waals surface area contributed by atoms with Crippen molar-refractivity contribution in [1.29, 1.82) is 0 Å². The number of hydrogen-bond acceptors (Lipinski definition) is 2. The summed E-state index contributed by atoms with van der Waals surface area (Å²) >= 11 is 6.13. The summed E-state index contributed by atoms with van der Waals surface area (Å²) in [6.45, 7) is 1.79. The van der Waals surface area contributed by atoms with Crippen LogP contribution in [-0.2, 0) is 19.6 Å². The zero-order chi connectivity index (χ0) is 18.2. The molecule has 0 fully saturated rings. The molecule has 0 aromatic heterocycles. The molecular formula is C22H21ClFNO. The minimum absolute atomic E-state index is 0.163. The van der Waals surface area contributed by atoms with E-state index in [1.54, 1.807) is 6.07 Å². The van der Waals surface area contributed by atoms with E-state index in [0.717, 1.165) is 16.9 Å². The molecule has 0 atom stereocenters. The molecule has 0 spiro atoms. The molecule has 0 saturated carbocycles. The van der Waals surface area contributed by atoms with E-state index in [1.807, 2.05) is 60.7 Å². The first-order chi connectivity index (χ1) is 12.7. The van der Waals surface area contributed by atoms with Gasteiger partial charge in [-0.1, -0.05) is 60.1 Å². The van der Waals surface area contributed by atoms with Gasteiger partial charge in [-0.3, -0.25) is 0 Å². The van der Waals surface area contributed by atoms with Gasteiger partial charge in [-0.2, -0.15) is 0 Å². The lowest BCUT2D eigenvalue weighted by atomic mass is 10.1. The van der Waals surface area contributed by atoms with Gasteiger partial charge in [-0.25, -0.2) is 4.39 Å². The van der Waals surface area contributed by atoms with Crippen molar-refractivity contribution in [1.82, 2.24) is 5.32 Å². The molecule has 2 nitrogen and oxygen atoms in total. The molecule has 1 N–H and O–H groups in total. The van der Waals surface area contributed by atoms with Crippen LogP contribution in [0.3, 0.4) is 0 Å². The second-order valence-electron chi connectivity index (χ2n) is 6.04. The highest BCUT2D eigenvalue weighted by Crippen LogP contribution is 2.24. The average Bonchev–Trinajstić information content (AvgIpc) is 2.66. The van der Waals surface area contributed by atoms with Crippen molar-refractivity contribution in [3.63, 3.8) is 0 Å². The molecule has 0 radical (unpaired) electrons. The van der Waals surface area contributed by atoms with Gasteiger partial charge >= 0.3 is 0 Å². The molecule has 134 valence electrons. The van der Waals surface area contributed by atoms with Gasteiger partial charge in [0, 0.05) is 17.1 Å². The van der Waals surface area contributed by atoms with Gasteiger partial charge in [0.05, 0.1) is 0 Å². The van der Waals surface area contributed by atoms with Gasteiger partial charge in [0.25, 0.3) is 0 Å². The van der Waals surface area contributed by atoms with Gasteiger partial charge in [0.1, 0.15) is 18.2 Å². The Bertz CT molecular complexity index is 839. The maximum Gasteiger partial charge on any atom is 0.126 e. The van der Waals surface area contributed by atoms with Gasteiger partial charge in [-0.15, -0.1) is 0 Å². The largest absolute Gasteiger partial charge is 0.489 e. The number of hydrogen-bond donors (Lipinski definition) is 1. The van der Waals surface area contributed by atoms with Gasteiger partial charge < -0.3 is 10.1 Å². The maximum atomic E-state index is 13.7. The highest BCUT2D eigenvalue weighted by atomic mass is 35.5. The van der Waals surface area contributed by atoms with Crippen molar-refractivity contribution in [2.45, 2.75) is 19.6 Å². The summed E-state index contributed by atoms with van der Waals surface area (Å²) in [7, 11) is 0. The molecule has 0 aliphatic carbocycles. The highest BCUT2D eigenvalue weighted by Gasteiger charge is 2.06. The van der Waals surface area contributed by atoms with E-state index < -0.39 is 0 Å². The van der Waals surface area contributed by atoms with Gasteiger partial charge in [-0.05, 0) is 48.4 Å². The molecule has 4 heteroatoms. The van der Waals surface area contributed by atoms with Crippen molar-refractivity contribution < 1.29 is 9.13 Å². The molecular weight excluding hydrogens is 349 g/mol. The first-order valence-electron chi connectivity index (χ1n) is 8.61. The van der Waals surface area contributed by atoms with E-state index in [0.29, 0.717) is 36.7 Å². The monoisotopic (exact) mass is 369 g/mol. The fourth-order valence-corrected chi connectivity index (χ4v) is 2.90. The fraction of sp³-hybridized carbons (Fsp3) is 0.182. The third kappa shape index (κ3) is 5.32. The molecule has 0 aliphatic rings. The van der Waals surface area contributed by atoms with E-state index in [-0.39, 0.29) is 5.82 Å². The first-order valence-corrected chi connectivity index (χ1v) is 8.99. The van der Waals surface area contributed by atoms with Crippen LogP contribution in [-0.4, -0.2) is 6.54 Å². The third-order valence-corrected chi connectivity index (χ3v) is 4.34. The molecule has 3 aromatic carbocycles. The molecule has 3 rings (SSSR count). The summed E-state index contributed by atoms with van der Waals surface area (Å²) in [4.78, 5) is 0. The molecule has 0 aliphatic heterocycles. The molecule has 0 bridgehead atoms. The van der Waals surface area contributed by atoms with Crippen LogP contribution in [0.4, 0.5) is 4.39 Å². The lowest BCUT2D eigenvalue weighted by Gasteiger charge is -2.13. The Morgan fingerprint density at radius 1 is 0.885 bits per heavy atom. The standard InChI is InChI=1S/C22H21ClFNO/c23-20-10-11-22(26-16-17-6-2-1-3-7-17)19(14-20)15-25-13-12-18-8-4-5-9-21(18)24/h1-11,14,25H,12-13,15-16H2. The number of halogens is 2. The Balaban J connectivity index is 1.56. The van der Waals surface area contributed by atoms with E-state index in [1.165, 1.54) is 6.07 Å². The van der Waals surface area contributed by atoms with Crippen molar-refractivity contribution >= 4 is 11.6 Å². The first kappa shape index (κ1) is 18.4. The van der Waals surface area contributed by atoms with E-state index in [2.05, 4.69) is 5.32 Å². The Kier molecular flexibility index (Phi) is 6.64. The lowest BCUT2D eigenvalue weighted by molar-refractivity contribution is 0.302. The smallest absolute Gasteiger partial charge is 0.126 e. The Labute approximate surface area is 158 Å². The summed E-state index contributed by atoms with van der Waals surface area (Å²) in [5.74, 6) is 0.639. The summed E-state index contributed by atoms with van der Waals surface area (Å²) in [6, 6.07) is 22.5. The summed E-state index contributed by atoms with van der Waals surface area (Å²) < 4.78 is 19.6. The van der Waals surface area contributed by atoms with Crippen LogP contribution in [0.5, 0.6) is 5.75 Å². The quantitative estimate of drug-likeness (QED) is 0.537. The van der Waals surface area contributed by atoms with Crippen molar-refractivity contribution in [3.8, 4) is 5.75 Å². The van der Waals surface area contributed by atoms with E-state index in [9.17, 15) is 4.39 Å². The molecule has 26 heavy (non-hydrogen) atoms. The maximum absolute atomic E-state index is 13.7. The SMILES string of the molecule is Fc1ccccc1CCNCc1cc(Cl)ccc1OCc1ccccc1. The minimum Gasteiger partial charge on any atom is -0.489 e. The number of ether oxygens (including phenoxy) is 1. The van der Waals surface area contributed by atoms with Crippen molar-refractivity contribution in [2.75, 3.05) is 6.54 Å². The predicted molar refractivity (Wildman–Crippen MR) is 104 cm³/mol. The average molecular weight is 370 g/mol. The van der Waals surface area contributed by atoms with Crippen LogP contribution in [0.2, 0.25) is 5.02 Å². The highest BCUT2D eigenvalue weighted by molar-refractivity contribution is 6.30. The second kappa shape index (κ2) is 9.37. The number of benzene rings is 3. The normalized spacial score (nSPS) is 10.7. The molecule has 3 aromatic rings. The molecule has 0 amide bonds. The van der Waals surface area contributed by atoms with Crippen LogP contribution in [0.15, 0.2) is 72.8 Å². The van der Waals surface area contributed by atoms with E-state index in [4.69, 9.17) is 16.3 Å².